The molecule has 0 saturated carbocycles. The minimum absolute atomic E-state index is 0.0864. The molecule has 2 rings (SSSR count). The van der Waals surface area contributed by atoms with Gasteiger partial charge in [-0.1, -0.05) is 39.0 Å². The summed E-state index contributed by atoms with van der Waals surface area (Å²) in [5.74, 6) is -0.305. The molecule has 0 aliphatic carbocycles. The molecule has 0 spiro atoms. The molecule has 0 atom stereocenters. The summed E-state index contributed by atoms with van der Waals surface area (Å²) in [5, 5.41) is 10.6. The normalized spacial score (nSPS) is 10.6. The number of ether oxygens (including phenoxy) is 2. The number of phenolic OH excluding ortho intramolecular Hbond substituents is 1. The molecule has 0 bridgehead atoms. The topological polar surface area (TPSA) is 94.4 Å². The van der Waals surface area contributed by atoms with Crippen LogP contribution in [0.5, 0.6) is 11.5 Å². The lowest BCUT2D eigenvalue weighted by atomic mass is 10.1. The van der Waals surface area contributed by atoms with Gasteiger partial charge < -0.3 is 14.6 Å². The minimum atomic E-state index is -0.510. The van der Waals surface area contributed by atoms with E-state index in [-0.39, 0.29) is 17.1 Å². The standard InChI is InChI=1S/C20H27N3O4/c1-3-5-6-7-8-9-12-27-20(25)16-11-10-15(17(24)18(16)26-4-2)19-22-13-21-14-23-19/h10-11,13-14,24H,3-9,12H2,1-2H3. The van der Waals surface area contributed by atoms with Crippen LogP contribution in [-0.2, 0) is 4.74 Å². The number of benzene rings is 1. The van der Waals surface area contributed by atoms with E-state index in [1.807, 2.05) is 0 Å². The Morgan fingerprint density at radius 2 is 1.74 bits per heavy atom. The maximum Gasteiger partial charge on any atom is 0.342 e. The van der Waals surface area contributed by atoms with Gasteiger partial charge in [0.25, 0.3) is 0 Å². The van der Waals surface area contributed by atoms with E-state index in [1.54, 1.807) is 19.1 Å². The second-order valence-corrected chi connectivity index (χ2v) is 6.14. The van der Waals surface area contributed by atoms with Gasteiger partial charge in [-0.25, -0.2) is 19.7 Å². The van der Waals surface area contributed by atoms with Crippen molar-refractivity contribution in [2.24, 2.45) is 0 Å². The van der Waals surface area contributed by atoms with Gasteiger partial charge in [0.2, 0.25) is 0 Å². The first-order chi connectivity index (χ1) is 13.2. The summed E-state index contributed by atoms with van der Waals surface area (Å²) in [6, 6.07) is 3.14. The monoisotopic (exact) mass is 373 g/mol. The molecule has 0 unspecified atom stereocenters. The number of aromatic nitrogens is 3. The maximum atomic E-state index is 12.4. The summed E-state index contributed by atoms with van der Waals surface area (Å²) >= 11 is 0. The smallest absolute Gasteiger partial charge is 0.342 e. The Labute approximate surface area is 159 Å². The van der Waals surface area contributed by atoms with E-state index < -0.39 is 5.97 Å². The zero-order valence-corrected chi connectivity index (χ0v) is 16.0. The van der Waals surface area contributed by atoms with E-state index in [0.717, 1.165) is 19.3 Å². The van der Waals surface area contributed by atoms with Crippen molar-refractivity contribution >= 4 is 5.97 Å². The van der Waals surface area contributed by atoms with Gasteiger partial charge in [0.15, 0.2) is 17.3 Å². The fraction of sp³-hybridized carbons (Fsp3) is 0.500. The van der Waals surface area contributed by atoms with E-state index in [4.69, 9.17) is 9.47 Å². The quantitative estimate of drug-likeness (QED) is 0.467. The fourth-order valence-electron chi connectivity index (χ4n) is 2.71. The molecule has 0 radical (unpaired) electrons. The van der Waals surface area contributed by atoms with Crippen LogP contribution in [0.15, 0.2) is 24.8 Å². The predicted octanol–water partition coefficient (Wildman–Crippen LogP) is 4.16. The first-order valence-electron chi connectivity index (χ1n) is 9.47. The van der Waals surface area contributed by atoms with Crippen molar-refractivity contribution in [3.8, 4) is 22.9 Å². The lowest BCUT2D eigenvalue weighted by molar-refractivity contribution is 0.0492. The highest BCUT2D eigenvalue weighted by Crippen LogP contribution is 2.38. The molecule has 0 aliphatic rings. The molecule has 0 aliphatic heterocycles. The van der Waals surface area contributed by atoms with Crippen molar-refractivity contribution in [2.45, 2.75) is 52.4 Å². The van der Waals surface area contributed by atoms with Crippen LogP contribution in [0.1, 0.15) is 62.7 Å². The zero-order chi connectivity index (χ0) is 19.5. The van der Waals surface area contributed by atoms with Crippen molar-refractivity contribution < 1.29 is 19.4 Å². The van der Waals surface area contributed by atoms with Crippen LogP contribution in [0.3, 0.4) is 0 Å². The second kappa shape index (κ2) is 11.1. The molecule has 7 heteroatoms. The van der Waals surface area contributed by atoms with Gasteiger partial charge >= 0.3 is 5.97 Å². The Balaban J connectivity index is 2.05. The highest BCUT2D eigenvalue weighted by Gasteiger charge is 2.22. The molecule has 1 heterocycles. The first-order valence-corrected chi connectivity index (χ1v) is 9.47. The molecule has 7 nitrogen and oxygen atoms in total. The van der Waals surface area contributed by atoms with Crippen molar-refractivity contribution in [1.29, 1.82) is 0 Å². The van der Waals surface area contributed by atoms with Crippen LogP contribution in [0.2, 0.25) is 0 Å². The number of aromatic hydroxyl groups is 1. The first kappa shape index (κ1) is 20.6. The van der Waals surface area contributed by atoms with Gasteiger partial charge in [0.1, 0.15) is 18.2 Å². The second-order valence-electron chi connectivity index (χ2n) is 6.14. The largest absolute Gasteiger partial charge is 0.504 e. The minimum Gasteiger partial charge on any atom is -0.504 e. The lowest BCUT2D eigenvalue weighted by Gasteiger charge is -2.14. The molecule has 0 amide bonds. The van der Waals surface area contributed by atoms with Crippen molar-refractivity contribution in [2.75, 3.05) is 13.2 Å². The van der Waals surface area contributed by atoms with Gasteiger partial charge in [-0.3, -0.25) is 0 Å². The molecule has 0 fully saturated rings. The number of nitrogens with zero attached hydrogens (tertiary/aromatic N) is 3. The summed E-state index contributed by atoms with van der Waals surface area (Å²) in [4.78, 5) is 24.2. The Kier molecular flexibility index (Phi) is 8.48. The highest BCUT2D eigenvalue weighted by atomic mass is 16.5. The van der Waals surface area contributed by atoms with E-state index in [9.17, 15) is 9.90 Å². The highest BCUT2D eigenvalue weighted by molar-refractivity contribution is 5.95. The summed E-state index contributed by atoms with van der Waals surface area (Å²) in [6.07, 6.45) is 9.35. The van der Waals surface area contributed by atoms with E-state index >= 15 is 0 Å². The van der Waals surface area contributed by atoms with Crippen molar-refractivity contribution in [1.82, 2.24) is 15.0 Å². The van der Waals surface area contributed by atoms with Crippen LogP contribution in [-0.4, -0.2) is 39.2 Å². The molecule has 1 N–H and O–H groups in total. The zero-order valence-electron chi connectivity index (χ0n) is 16.0. The Hall–Kier alpha value is -2.70. The average molecular weight is 373 g/mol. The number of rotatable bonds is 11. The van der Waals surface area contributed by atoms with Crippen LogP contribution >= 0.6 is 0 Å². The van der Waals surface area contributed by atoms with Crippen LogP contribution in [0, 0.1) is 0 Å². The third-order valence-corrected chi connectivity index (χ3v) is 4.11. The van der Waals surface area contributed by atoms with Crippen LogP contribution in [0.4, 0.5) is 0 Å². The lowest BCUT2D eigenvalue weighted by Crippen LogP contribution is -2.10. The summed E-state index contributed by atoms with van der Waals surface area (Å²) in [5.41, 5.74) is 0.562. The average Bonchev–Trinajstić information content (AvgIpc) is 2.69. The van der Waals surface area contributed by atoms with Gasteiger partial charge in [-0.05, 0) is 25.5 Å². The molecule has 27 heavy (non-hydrogen) atoms. The van der Waals surface area contributed by atoms with Crippen LogP contribution in [0.25, 0.3) is 11.4 Å². The van der Waals surface area contributed by atoms with Gasteiger partial charge in [-0.2, -0.15) is 0 Å². The molecule has 1 aromatic carbocycles. The van der Waals surface area contributed by atoms with Crippen molar-refractivity contribution in [3.63, 3.8) is 0 Å². The summed E-state index contributed by atoms with van der Waals surface area (Å²) in [7, 11) is 0. The summed E-state index contributed by atoms with van der Waals surface area (Å²) < 4.78 is 10.9. The third kappa shape index (κ3) is 5.91. The number of hydrogen-bond acceptors (Lipinski definition) is 7. The summed E-state index contributed by atoms with van der Waals surface area (Å²) in [6.45, 7) is 4.61. The third-order valence-electron chi connectivity index (χ3n) is 4.11. The number of hydrogen-bond donors (Lipinski definition) is 1. The SMILES string of the molecule is CCCCCCCCOC(=O)c1ccc(-c2ncncn2)c(O)c1OCC. The fourth-order valence-corrected chi connectivity index (χ4v) is 2.71. The molecule has 0 saturated heterocycles. The molecular formula is C20H27N3O4. The Morgan fingerprint density at radius 1 is 1.04 bits per heavy atom. The molecule has 1 aromatic heterocycles. The van der Waals surface area contributed by atoms with Crippen LogP contribution < -0.4 is 4.74 Å². The molecule has 146 valence electrons. The Morgan fingerprint density at radius 3 is 2.44 bits per heavy atom. The predicted molar refractivity (Wildman–Crippen MR) is 102 cm³/mol. The molecular weight excluding hydrogens is 346 g/mol. The van der Waals surface area contributed by atoms with E-state index in [1.165, 1.54) is 31.9 Å². The maximum absolute atomic E-state index is 12.4. The van der Waals surface area contributed by atoms with Crippen molar-refractivity contribution in [3.05, 3.63) is 30.4 Å². The molecule has 2 aromatic rings. The van der Waals surface area contributed by atoms with E-state index in [2.05, 4.69) is 21.9 Å². The van der Waals surface area contributed by atoms with Gasteiger partial charge in [0, 0.05) is 0 Å². The Bertz CT molecular complexity index is 723. The number of carbonyl (C=O) groups excluding carboxylic acids is 1. The van der Waals surface area contributed by atoms with Gasteiger partial charge in [0.05, 0.1) is 18.8 Å². The van der Waals surface area contributed by atoms with Gasteiger partial charge in [-0.15, -0.1) is 0 Å². The van der Waals surface area contributed by atoms with E-state index in [0.29, 0.717) is 24.6 Å². The number of carbonyl (C=O) groups is 1. The number of phenols is 1. The number of unbranched alkanes of at least 4 members (excludes halogenated alkanes) is 5. The number of esters is 1.